The Morgan fingerprint density at radius 2 is 2.00 bits per heavy atom. The molecule has 0 bridgehead atoms. The van der Waals surface area contributed by atoms with Crippen molar-refractivity contribution in [3.63, 3.8) is 0 Å². The highest BCUT2D eigenvalue weighted by atomic mass is 32.2. The molecule has 16 heavy (non-hydrogen) atoms. The van der Waals surface area contributed by atoms with Crippen LogP contribution in [0.2, 0.25) is 0 Å². The quantitative estimate of drug-likeness (QED) is 0.596. The van der Waals surface area contributed by atoms with E-state index in [9.17, 15) is 18.0 Å². The van der Waals surface area contributed by atoms with Gasteiger partial charge in [0, 0.05) is 11.3 Å². The molecule has 0 saturated carbocycles. The van der Waals surface area contributed by atoms with E-state index >= 15 is 0 Å². The van der Waals surface area contributed by atoms with Gasteiger partial charge in [-0.2, -0.15) is 13.2 Å². The van der Waals surface area contributed by atoms with Crippen molar-refractivity contribution < 1.29 is 18.0 Å². The lowest BCUT2D eigenvalue weighted by Crippen LogP contribution is -1.99. The number of carbonyl (C=O) groups excluding carboxylic acids is 1. The van der Waals surface area contributed by atoms with Gasteiger partial charge in [-0.05, 0) is 48.4 Å². The van der Waals surface area contributed by atoms with Gasteiger partial charge in [0.15, 0.2) is 0 Å². The zero-order chi connectivity index (χ0) is 12.2. The fourth-order valence-electron chi connectivity index (χ4n) is 1.39. The highest BCUT2D eigenvalue weighted by molar-refractivity contribution is 8.00. The van der Waals surface area contributed by atoms with Crippen molar-refractivity contribution in [3.05, 3.63) is 29.3 Å². The SMILES string of the molecule is Cc1cc(CCC=O)cc(SC(F)(F)F)c1. The third-order valence-corrected chi connectivity index (χ3v) is 2.60. The molecular formula is C11H11F3OS. The maximum Gasteiger partial charge on any atom is 0.446 e. The maximum absolute atomic E-state index is 12.2. The van der Waals surface area contributed by atoms with Crippen molar-refractivity contribution in [3.8, 4) is 0 Å². The molecule has 1 nitrogen and oxygen atoms in total. The smallest absolute Gasteiger partial charge is 0.303 e. The Hall–Kier alpha value is -0.970. The van der Waals surface area contributed by atoms with Gasteiger partial charge in [-0.25, -0.2) is 0 Å². The van der Waals surface area contributed by atoms with Crippen molar-refractivity contribution in [2.24, 2.45) is 0 Å². The Morgan fingerprint density at radius 1 is 1.31 bits per heavy atom. The zero-order valence-corrected chi connectivity index (χ0v) is 9.49. The summed E-state index contributed by atoms with van der Waals surface area (Å²) in [7, 11) is 0. The fourth-order valence-corrected chi connectivity index (χ4v) is 2.11. The number of aldehydes is 1. The van der Waals surface area contributed by atoms with Crippen LogP contribution in [0.1, 0.15) is 17.5 Å². The van der Waals surface area contributed by atoms with Crippen LogP contribution in [0.3, 0.4) is 0 Å². The number of rotatable bonds is 4. The molecule has 0 aliphatic carbocycles. The minimum Gasteiger partial charge on any atom is -0.303 e. The lowest BCUT2D eigenvalue weighted by Gasteiger charge is -2.08. The van der Waals surface area contributed by atoms with Crippen LogP contribution in [-0.4, -0.2) is 11.8 Å². The van der Waals surface area contributed by atoms with Gasteiger partial charge in [0.1, 0.15) is 6.29 Å². The first-order valence-corrected chi connectivity index (χ1v) is 5.52. The lowest BCUT2D eigenvalue weighted by atomic mass is 10.1. The Balaban J connectivity index is 2.85. The first kappa shape index (κ1) is 13.1. The van der Waals surface area contributed by atoms with Crippen LogP contribution < -0.4 is 0 Å². The summed E-state index contributed by atoms with van der Waals surface area (Å²) in [4.78, 5) is 10.4. The van der Waals surface area contributed by atoms with Gasteiger partial charge in [0.25, 0.3) is 0 Å². The summed E-state index contributed by atoms with van der Waals surface area (Å²) in [5, 5.41) is 0. The average molecular weight is 248 g/mol. The molecule has 1 aromatic rings. The second-order valence-corrected chi connectivity index (χ2v) is 4.55. The highest BCUT2D eigenvalue weighted by Crippen LogP contribution is 2.37. The summed E-state index contributed by atoms with van der Waals surface area (Å²) in [5.41, 5.74) is -2.73. The fraction of sp³-hybridized carbons (Fsp3) is 0.364. The van der Waals surface area contributed by atoms with E-state index in [-0.39, 0.29) is 16.7 Å². The number of alkyl halides is 3. The van der Waals surface area contributed by atoms with Crippen molar-refractivity contribution in [1.29, 1.82) is 0 Å². The number of hydrogen-bond donors (Lipinski definition) is 0. The Morgan fingerprint density at radius 3 is 2.56 bits per heavy atom. The van der Waals surface area contributed by atoms with E-state index in [2.05, 4.69) is 0 Å². The molecule has 0 radical (unpaired) electrons. The Labute approximate surface area is 96.0 Å². The summed E-state index contributed by atoms with van der Waals surface area (Å²) in [5.74, 6) is 0. The van der Waals surface area contributed by atoms with Gasteiger partial charge < -0.3 is 4.79 Å². The normalized spacial score (nSPS) is 11.5. The van der Waals surface area contributed by atoms with Gasteiger partial charge in [0.05, 0.1) is 0 Å². The number of carbonyl (C=O) groups is 1. The molecule has 0 amide bonds. The number of aryl methyl sites for hydroxylation is 2. The molecule has 0 N–H and O–H groups in total. The minimum atomic E-state index is -4.27. The number of thioether (sulfide) groups is 1. The predicted octanol–water partition coefficient (Wildman–Crippen LogP) is 3.74. The predicted molar refractivity (Wildman–Crippen MR) is 57.5 cm³/mol. The first-order chi connectivity index (χ1) is 7.40. The van der Waals surface area contributed by atoms with E-state index in [1.807, 2.05) is 0 Å². The first-order valence-electron chi connectivity index (χ1n) is 4.70. The average Bonchev–Trinajstić information content (AvgIpc) is 2.10. The van der Waals surface area contributed by atoms with Crippen molar-refractivity contribution in [1.82, 2.24) is 0 Å². The van der Waals surface area contributed by atoms with E-state index in [4.69, 9.17) is 0 Å². The van der Waals surface area contributed by atoms with Crippen LogP contribution in [-0.2, 0) is 11.2 Å². The third-order valence-electron chi connectivity index (χ3n) is 1.90. The Bertz CT molecular complexity index is 374. The van der Waals surface area contributed by atoms with Gasteiger partial charge >= 0.3 is 5.51 Å². The molecule has 1 aromatic carbocycles. The largest absolute Gasteiger partial charge is 0.446 e. The zero-order valence-electron chi connectivity index (χ0n) is 8.67. The summed E-state index contributed by atoms with van der Waals surface area (Å²) in [6, 6.07) is 4.77. The van der Waals surface area contributed by atoms with Crippen LogP contribution >= 0.6 is 11.8 Å². The summed E-state index contributed by atoms with van der Waals surface area (Å²) in [6.45, 7) is 1.74. The summed E-state index contributed by atoms with van der Waals surface area (Å²) >= 11 is -0.126. The molecule has 0 atom stereocenters. The molecule has 0 heterocycles. The van der Waals surface area contributed by atoms with Crippen LogP contribution in [0.5, 0.6) is 0 Å². The molecule has 0 aromatic heterocycles. The molecule has 0 aliphatic heterocycles. The number of benzene rings is 1. The van der Waals surface area contributed by atoms with Crippen molar-refractivity contribution in [2.75, 3.05) is 0 Å². The molecule has 0 aliphatic rings. The topological polar surface area (TPSA) is 17.1 Å². The molecular weight excluding hydrogens is 237 g/mol. The van der Waals surface area contributed by atoms with Crippen molar-refractivity contribution in [2.45, 2.75) is 30.2 Å². The second-order valence-electron chi connectivity index (χ2n) is 3.41. The van der Waals surface area contributed by atoms with Crippen molar-refractivity contribution >= 4 is 18.0 Å². The minimum absolute atomic E-state index is 0.126. The maximum atomic E-state index is 12.2. The number of hydrogen-bond acceptors (Lipinski definition) is 2. The van der Waals surface area contributed by atoms with Crippen LogP contribution in [0.25, 0.3) is 0 Å². The summed E-state index contributed by atoms with van der Waals surface area (Å²) < 4.78 is 36.5. The van der Waals surface area contributed by atoms with Gasteiger partial charge in [-0.1, -0.05) is 6.07 Å². The van der Waals surface area contributed by atoms with Crippen LogP contribution in [0.4, 0.5) is 13.2 Å². The molecule has 0 spiro atoms. The van der Waals surface area contributed by atoms with E-state index in [1.54, 1.807) is 13.0 Å². The van der Waals surface area contributed by atoms with E-state index in [0.29, 0.717) is 12.8 Å². The van der Waals surface area contributed by atoms with Gasteiger partial charge in [0.2, 0.25) is 0 Å². The Kier molecular flexibility index (Phi) is 4.41. The lowest BCUT2D eigenvalue weighted by molar-refractivity contribution is -0.107. The van der Waals surface area contributed by atoms with Crippen LogP contribution in [0.15, 0.2) is 23.1 Å². The molecule has 0 saturated heterocycles. The van der Waals surface area contributed by atoms with Gasteiger partial charge in [-0.15, -0.1) is 0 Å². The summed E-state index contributed by atoms with van der Waals surface area (Å²) in [6.07, 6.45) is 1.58. The molecule has 5 heteroatoms. The van der Waals surface area contributed by atoms with E-state index < -0.39 is 5.51 Å². The highest BCUT2D eigenvalue weighted by Gasteiger charge is 2.29. The molecule has 1 rings (SSSR count). The van der Waals surface area contributed by atoms with E-state index in [0.717, 1.165) is 17.4 Å². The van der Waals surface area contributed by atoms with Crippen LogP contribution in [0, 0.1) is 6.92 Å². The molecule has 88 valence electrons. The second kappa shape index (κ2) is 5.39. The van der Waals surface area contributed by atoms with E-state index in [1.165, 1.54) is 12.1 Å². The number of halogens is 3. The molecule has 0 fully saturated rings. The van der Waals surface area contributed by atoms with Gasteiger partial charge in [-0.3, -0.25) is 0 Å². The molecule has 0 unspecified atom stereocenters. The third kappa shape index (κ3) is 4.70. The monoisotopic (exact) mass is 248 g/mol. The standard InChI is InChI=1S/C11H11F3OS/c1-8-5-9(3-2-4-15)7-10(6-8)16-11(12,13)14/h4-7H,2-3H2,1H3.